The third kappa shape index (κ3) is 2.43. The lowest BCUT2D eigenvalue weighted by Crippen LogP contribution is -2.43. The summed E-state index contributed by atoms with van der Waals surface area (Å²) in [5.74, 6) is -2.40. The third-order valence-corrected chi connectivity index (χ3v) is 4.36. The maximum atomic E-state index is 14.5. The summed E-state index contributed by atoms with van der Waals surface area (Å²) in [5.41, 5.74) is -0.353. The Hall–Kier alpha value is -1.86. The summed E-state index contributed by atoms with van der Waals surface area (Å²) in [6.07, 6.45) is 1.15. The lowest BCUT2D eigenvalue weighted by atomic mass is 10.1. The van der Waals surface area contributed by atoms with Gasteiger partial charge in [0.2, 0.25) is 12.0 Å². The fourth-order valence-electron chi connectivity index (χ4n) is 2.72. The lowest BCUT2D eigenvalue weighted by Gasteiger charge is -2.31. The number of hydrogen-bond acceptors (Lipinski definition) is 2. The molecule has 1 aliphatic rings. The molecule has 1 heterocycles. The summed E-state index contributed by atoms with van der Waals surface area (Å²) in [4.78, 5) is 3.89. The molecule has 0 bridgehead atoms. The molecule has 0 radical (unpaired) electrons. The van der Waals surface area contributed by atoms with E-state index in [2.05, 4.69) is 4.99 Å². The van der Waals surface area contributed by atoms with Gasteiger partial charge in [-0.05, 0) is 24.3 Å². The van der Waals surface area contributed by atoms with Crippen LogP contribution in [0, 0.1) is 17.5 Å². The Morgan fingerprint density at radius 1 is 1.04 bits per heavy atom. The standard InChI is InChI=1S/C16H10Cl2F3N2O/c17-10-6-9(19)4-5-13(10)23(8-22-16(18)14(23)7-24)15-11(20)2-1-3-12(15)21/h1-6,8,24H,7H2/q+1. The lowest BCUT2D eigenvalue weighted by molar-refractivity contribution is 0.309. The molecule has 2 aromatic carbocycles. The number of quaternary nitrogens is 1. The van der Waals surface area contributed by atoms with E-state index in [0.29, 0.717) is 0 Å². The van der Waals surface area contributed by atoms with Gasteiger partial charge in [-0.2, -0.15) is 9.48 Å². The Morgan fingerprint density at radius 3 is 2.29 bits per heavy atom. The summed E-state index contributed by atoms with van der Waals surface area (Å²) >= 11 is 12.1. The van der Waals surface area contributed by atoms with Crippen molar-refractivity contribution in [3.63, 3.8) is 0 Å². The van der Waals surface area contributed by atoms with Gasteiger partial charge in [-0.25, -0.2) is 13.2 Å². The molecule has 2 aromatic rings. The van der Waals surface area contributed by atoms with Crippen LogP contribution in [0.3, 0.4) is 0 Å². The fraction of sp³-hybridized carbons (Fsp3) is 0.0625. The van der Waals surface area contributed by atoms with Crippen LogP contribution in [0.25, 0.3) is 0 Å². The number of hydrogen-bond donors (Lipinski definition) is 1. The molecule has 0 amide bonds. The highest BCUT2D eigenvalue weighted by Crippen LogP contribution is 2.48. The van der Waals surface area contributed by atoms with E-state index in [9.17, 15) is 18.3 Å². The Labute approximate surface area is 145 Å². The first-order chi connectivity index (χ1) is 11.4. The second kappa shape index (κ2) is 6.22. The molecular formula is C16H10Cl2F3N2O+. The van der Waals surface area contributed by atoms with Gasteiger partial charge in [-0.1, -0.05) is 29.3 Å². The Kier molecular flexibility index (Phi) is 4.40. The van der Waals surface area contributed by atoms with E-state index in [1.54, 1.807) is 0 Å². The van der Waals surface area contributed by atoms with Gasteiger partial charge >= 0.3 is 0 Å². The van der Waals surface area contributed by atoms with Gasteiger partial charge in [-0.3, -0.25) is 0 Å². The SMILES string of the molecule is OCC1=C(Cl)N=C[N+]1(c1ccc(F)cc1Cl)c1c(F)cccc1F. The Balaban J connectivity index is 2.43. The van der Waals surface area contributed by atoms with Crippen LogP contribution in [0.5, 0.6) is 0 Å². The normalized spacial score (nSPS) is 20.1. The van der Waals surface area contributed by atoms with Crippen LogP contribution >= 0.6 is 23.2 Å². The van der Waals surface area contributed by atoms with Gasteiger partial charge in [0.1, 0.15) is 17.4 Å². The molecule has 1 unspecified atom stereocenters. The van der Waals surface area contributed by atoms with Crippen LogP contribution in [-0.2, 0) is 0 Å². The molecule has 3 rings (SSSR count). The minimum atomic E-state index is -0.890. The first-order valence-electron chi connectivity index (χ1n) is 6.76. The Bertz CT molecular complexity index is 865. The largest absolute Gasteiger partial charge is 0.386 e. The first-order valence-corrected chi connectivity index (χ1v) is 7.51. The number of para-hydroxylation sites is 1. The number of halogens is 5. The average Bonchev–Trinajstić information content (AvgIpc) is 2.84. The molecule has 0 spiro atoms. The Morgan fingerprint density at radius 2 is 1.71 bits per heavy atom. The average molecular weight is 374 g/mol. The topological polar surface area (TPSA) is 32.6 Å². The number of aliphatic hydroxyl groups is 1. The van der Waals surface area contributed by atoms with Crippen molar-refractivity contribution >= 4 is 40.9 Å². The van der Waals surface area contributed by atoms with Crippen molar-refractivity contribution in [3.8, 4) is 0 Å². The van der Waals surface area contributed by atoms with Crippen LogP contribution in [0.15, 0.2) is 52.2 Å². The zero-order valence-electron chi connectivity index (χ0n) is 12.0. The van der Waals surface area contributed by atoms with Crippen LogP contribution in [-0.4, -0.2) is 18.1 Å². The van der Waals surface area contributed by atoms with Crippen molar-refractivity contribution < 1.29 is 18.3 Å². The highest BCUT2D eigenvalue weighted by atomic mass is 35.5. The van der Waals surface area contributed by atoms with Gasteiger partial charge in [0.05, 0.1) is 0 Å². The number of rotatable bonds is 3. The molecule has 0 aliphatic carbocycles. The predicted molar refractivity (Wildman–Crippen MR) is 87.7 cm³/mol. The van der Waals surface area contributed by atoms with E-state index in [1.165, 1.54) is 12.1 Å². The summed E-state index contributed by atoms with van der Waals surface area (Å²) in [6, 6.07) is 6.68. The monoisotopic (exact) mass is 373 g/mol. The fourth-order valence-corrected chi connectivity index (χ4v) is 3.26. The molecule has 0 saturated heterocycles. The number of aliphatic imine (C=N–C) groups is 1. The second-order valence-corrected chi connectivity index (χ2v) is 5.79. The van der Waals surface area contributed by atoms with E-state index >= 15 is 0 Å². The van der Waals surface area contributed by atoms with Crippen LogP contribution in [0.2, 0.25) is 5.02 Å². The van der Waals surface area contributed by atoms with Crippen molar-refractivity contribution in [3.05, 3.63) is 69.7 Å². The van der Waals surface area contributed by atoms with Crippen molar-refractivity contribution in [2.24, 2.45) is 4.99 Å². The maximum Gasteiger partial charge on any atom is 0.221 e. The van der Waals surface area contributed by atoms with Crippen molar-refractivity contribution in [1.29, 1.82) is 0 Å². The van der Waals surface area contributed by atoms with Gasteiger partial charge in [0.15, 0.2) is 28.2 Å². The molecule has 0 fully saturated rings. The number of benzene rings is 2. The summed E-state index contributed by atoms with van der Waals surface area (Å²) in [7, 11) is 0. The van der Waals surface area contributed by atoms with Crippen molar-refractivity contribution in [2.75, 3.05) is 6.61 Å². The number of aliphatic hydroxyl groups excluding tert-OH is 1. The maximum absolute atomic E-state index is 14.5. The predicted octanol–water partition coefficient (Wildman–Crippen LogP) is 4.84. The molecule has 1 aliphatic heterocycles. The van der Waals surface area contributed by atoms with Gasteiger partial charge in [-0.15, -0.1) is 0 Å². The molecule has 1 N–H and O–H groups in total. The molecule has 0 aromatic heterocycles. The van der Waals surface area contributed by atoms with Crippen molar-refractivity contribution in [1.82, 2.24) is 4.48 Å². The zero-order valence-corrected chi connectivity index (χ0v) is 13.5. The van der Waals surface area contributed by atoms with E-state index in [1.807, 2.05) is 0 Å². The smallest absolute Gasteiger partial charge is 0.221 e. The van der Waals surface area contributed by atoms with E-state index < -0.39 is 34.2 Å². The quantitative estimate of drug-likeness (QED) is 0.605. The number of nitrogens with zero attached hydrogens (tertiary/aromatic N) is 2. The summed E-state index contributed by atoms with van der Waals surface area (Å²) in [6.45, 7) is -0.639. The summed E-state index contributed by atoms with van der Waals surface area (Å²) in [5, 5.41) is 9.50. The second-order valence-electron chi connectivity index (χ2n) is 5.03. The summed E-state index contributed by atoms with van der Waals surface area (Å²) < 4.78 is 41.6. The minimum absolute atomic E-state index is 0.00539. The minimum Gasteiger partial charge on any atom is -0.386 e. The van der Waals surface area contributed by atoms with Crippen LogP contribution in [0.4, 0.5) is 24.5 Å². The van der Waals surface area contributed by atoms with E-state index in [0.717, 1.165) is 30.6 Å². The first kappa shape index (κ1) is 17.0. The van der Waals surface area contributed by atoms with Gasteiger partial charge in [0.25, 0.3) is 0 Å². The van der Waals surface area contributed by atoms with E-state index in [-0.39, 0.29) is 21.6 Å². The highest BCUT2D eigenvalue weighted by Gasteiger charge is 2.48. The molecule has 0 saturated carbocycles. The molecule has 124 valence electrons. The molecule has 24 heavy (non-hydrogen) atoms. The third-order valence-electron chi connectivity index (χ3n) is 3.74. The molecule has 3 nitrogen and oxygen atoms in total. The van der Waals surface area contributed by atoms with Crippen molar-refractivity contribution in [2.45, 2.75) is 0 Å². The van der Waals surface area contributed by atoms with Crippen LogP contribution in [0.1, 0.15) is 0 Å². The molecule has 8 heteroatoms. The molecular weight excluding hydrogens is 364 g/mol. The van der Waals surface area contributed by atoms with Gasteiger partial charge < -0.3 is 5.11 Å². The highest BCUT2D eigenvalue weighted by molar-refractivity contribution is 6.34. The van der Waals surface area contributed by atoms with Crippen LogP contribution < -0.4 is 4.48 Å². The molecule has 1 atom stereocenters. The van der Waals surface area contributed by atoms with E-state index in [4.69, 9.17) is 23.2 Å². The van der Waals surface area contributed by atoms with Gasteiger partial charge in [0, 0.05) is 6.07 Å². The zero-order chi connectivity index (χ0) is 17.5.